The summed E-state index contributed by atoms with van der Waals surface area (Å²) in [6, 6.07) is 0. The van der Waals surface area contributed by atoms with Crippen LogP contribution in [-0.4, -0.2) is 39.9 Å². The minimum absolute atomic E-state index is 0.122. The van der Waals surface area contributed by atoms with Crippen LogP contribution in [-0.2, 0) is 44.3 Å². The largest absolute Gasteiger partial charge is 0.345 e. The van der Waals surface area contributed by atoms with E-state index >= 15 is 0 Å². The van der Waals surface area contributed by atoms with Crippen LogP contribution in [0.1, 0.15) is 26.2 Å². The predicted octanol–water partition coefficient (Wildman–Crippen LogP) is 2.18. The summed E-state index contributed by atoms with van der Waals surface area (Å²) in [4.78, 5) is 38.1. The summed E-state index contributed by atoms with van der Waals surface area (Å²) in [5.74, 6) is 0.226. The highest BCUT2D eigenvalue weighted by Crippen LogP contribution is 2.65. The summed E-state index contributed by atoms with van der Waals surface area (Å²) in [5.41, 5.74) is 0. The standard InChI is InChI=1S/C9H20BO6P3S3/c1-2-7-3-9(10)4-8(7)5-15-17(11,20)6-18(12,21)16-19(13,14)22/h7-9H,2-6H2,1H3,(H,11,20)(H,12,21)(H2,13,14,22)/t7-,8-,9+,17?,18?/m1/s1. The van der Waals surface area contributed by atoms with Crippen LogP contribution in [0.5, 0.6) is 0 Å². The third kappa shape index (κ3) is 8.24. The van der Waals surface area contributed by atoms with E-state index in [0.717, 1.165) is 19.3 Å². The van der Waals surface area contributed by atoms with Crippen molar-refractivity contribution in [1.82, 2.24) is 0 Å². The molecule has 0 spiro atoms. The van der Waals surface area contributed by atoms with E-state index in [1.807, 2.05) is 0 Å². The summed E-state index contributed by atoms with van der Waals surface area (Å²) in [6.45, 7) is -8.91. The summed E-state index contributed by atoms with van der Waals surface area (Å²) >= 11 is 14.0. The van der Waals surface area contributed by atoms with E-state index in [9.17, 15) is 9.79 Å². The van der Waals surface area contributed by atoms with Gasteiger partial charge in [-0.25, -0.2) is 0 Å². The summed E-state index contributed by atoms with van der Waals surface area (Å²) in [7, 11) is 5.93. The third-order valence-corrected chi connectivity index (χ3v) is 12.4. The highest BCUT2D eigenvalue weighted by Gasteiger charge is 2.34. The van der Waals surface area contributed by atoms with Gasteiger partial charge in [0.25, 0.3) is 0 Å². The molecule has 0 aromatic carbocycles. The molecule has 128 valence electrons. The highest BCUT2D eigenvalue weighted by molar-refractivity contribution is 8.21. The first-order valence-electron chi connectivity index (χ1n) is 6.64. The summed E-state index contributed by atoms with van der Waals surface area (Å²) in [6.07, 6.45) is 2.68. The molecule has 1 aliphatic carbocycles. The predicted molar refractivity (Wildman–Crippen MR) is 99.6 cm³/mol. The van der Waals surface area contributed by atoms with Gasteiger partial charge in [0, 0.05) is 0 Å². The van der Waals surface area contributed by atoms with Gasteiger partial charge in [0.1, 0.15) is 0 Å². The normalized spacial score (nSPS) is 31.6. The van der Waals surface area contributed by atoms with E-state index in [-0.39, 0.29) is 18.3 Å². The molecule has 0 saturated heterocycles. The van der Waals surface area contributed by atoms with Crippen LogP contribution in [0.2, 0.25) is 5.82 Å². The Hall–Kier alpha value is 1.77. The van der Waals surface area contributed by atoms with Gasteiger partial charge in [0.05, 0.1) is 20.4 Å². The Labute approximate surface area is 147 Å². The molecule has 1 fully saturated rings. The van der Waals surface area contributed by atoms with Crippen LogP contribution in [0, 0.1) is 11.8 Å². The fourth-order valence-corrected chi connectivity index (χ4v) is 13.1. The number of rotatable bonds is 8. The third-order valence-electron chi connectivity index (χ3n) is 3.48. The van der Waals surface area contributed by atoms with Crippen molar-refractivity contribution in [3.8, 4) is 0 Å². The monoisotopic (exact) mass is 424 g/mol. The molecular weight excluding hydrogens is 404 g/mol. The Morgan fingerprint density at radius 3 is 2.09 bits per heavy atom. The molecule has 0 aromatic rings. The first kappa shape index (κ1) is 21.8. The van der Waals surface area contributed by atoms with E-state index in [1.165, 1.54) is 0 Å². The average Bonchev–Trinajstić information content (AvgIpc) is 2.62. The van der Waals surface area contributed by atoms with E-state index in [4.69, 9.17) is 45.8 Å². The van der Waals surface area contributed by atoms with E-state index in [2.05, 4.69) is 23.0 Å². The lowest BCUT2D eigenvalue weighted by atomic mass is 9.85. The fourth-order valence-electron chi connectivity index (χ4n) is 2.63. The molecule has 1 saturated carbocycles. The van der Waals surface area contributed by atoms with Crippen molar-refractivity contribution in [2.75, 3.05) is 12.5 Å². The number of hydrogen-bond donors (Lipinski definition) is 4. The van der Waals surface area contributed by atoms with Crippen molar-refractivity contribution in [2.24, 2.45) is 11.8 Å². The zero-order valence-electron chi connectivity index (χ0n) is 12.0. The van der Waals surface area contributed by atoms with E-state index < -0.39 is 25.6 Å². The first-order valence-corrected chi connectivity index (χ1v) is 15.0. The molecule has 0 heterocycles. The molecule has 6 nitrogen and oxygen atoms in total. The molecule has 0 aliphatic heterocycles. The lowest BCUT2D eigenvalue weighted by Gasteiger charge is -2.25. The highest BCUT2D eigenvalue weighted by atomic mass is 32.5. The van der Waals surface area contributed by atoms with E-state index in [0.29, 0.717) is 5.92 Å². The van der Waals surface area contributed by atoms with Crippen LogP contribution in [0.3, 0.4) is 0 Å². The van der Waals surface area contributed by atoms with Gasteiger partial charge in [0.15, 0.2) is 6.49 Å². The van der Waals surface area contributed by atoms with Crippen molar-refractivity contribution in [2.45, 2.75) is 32.0 Å². The Morgan fingerprint density at radius 2 is 1.59 bits per heavy atom. The van der Waals surface area contributed by atoms with Gasteiger partial charge in [-0.15, -0.1) is 0 Å². The summed E-state index contributed by atoms with van der Waals surface area (Å²) < 4.78 is 9.92. The van der Waals surface area contributed by atoms with Gasteiger partial charge >= 0.3 is 6.72 Å². The zero-order chi connectivity index (χ0) is 17.2. The number of hydrogen-bond acceptors (Lipinski definition) is 5. The Balaban J connectivity index is 2.59. The van der Waals surface area contributed by atoms with Crippen molar-refractivity contribution in [1.29, 1.82) is 0 Å². The topological polar surface area (TPSA) is 99.4 Å². The molecule has 1 rings (SSSR count). The van der Waals surface area contributed by atoms with E-state index in [1.54, 1.807) is 0 Å². The maximum absolute atomic E-state index is 10.1. The van der Waals surface area contributed by atoms with Gasteiger partial charge in [-0.3, -0.25) is 4.31 Å². The molecule has 0 bridgehead atoms. The van der Waals surface area contributed by atoms with Gasteiger partial charge < -0.3 is 24.1 Å². The van der Waals surface area contributed by atoms with Crippen molar-refractivity contribution < 1.29 is 28.4 Å². The molecule has 4 N–H and O–H groups in total. The summed E-state index contributed by atoms with van der Waals surface area (Å²) in [5, 5.41) is 0. The molecular formula is C9H20BO6P3S3. The second-order valence-electron chi connectivity index (χ2n) is 5.44. The van der Waals surface area contributed by atoms with Gasteiger partial charge in [-0.2, -0.15) is 0 Å². The quantitative estimate of drug-likeness (QED) is 0.345. The maximum atomic E-state index is 10.1. The maximum Gasteiger partial charge on any atom is 0.327 e. The average molecular weight is 424 g/mol. The lowest BCUT2D eigenvalue weighted by Crippen LogP contribution is -2.14. The Kier molecular flexibility index (Phi) is 8.37. The second kappa shape index (κ2) is 8.44. The lowest BCUT2D eigenvalue weighted by molar-refractivity contribution is 0.211. The molecule has 0 amide bonds. The van der Waals surface area contributed by atoms with Crippen molar-refractivity contribution in [3.63, 3.8) is 0 Å². The van der Waals surface area contributed by atoms with Crippen LogP contribution in [0.4, 0.5) is 0 Å². The van der Waals surface area contributed by atoms with Crippen molar-refractivity contribution in [3.05, 3.63) is 0 Å². The molecule has 0 aromatic heterocycles. The second-order valence-corrected chi connectivity index (χ2v) is 15.9. The minimum Gasteiger partial charge on any atom is -0.345 e. The van der Waals surface area contributed by atoms with Crippen LogP contribution in [0.15, 0.2) is 0 Å². The first-order chi connectivity index (χ1) is 9.84. The van der Waals surface area contributed by atoms with Gasteiger partial charge in [-0.1, -0.05) is 32.0 Å². The van der Waals surface area contributed by atoms with Gasteiger partial charge in [-0.05, 0) is 47.3 Å². The molecule has 2 radical (unpaired) electrons. The van der Waals surface area contributed by atoms with Crippen molar-refractivity contribution >= 4 is 63.0 Å². The smallest absolute Gasteiger partial charge is 0.327 e. The Morgan fingerprint density at radius 1 is 1.05 bits per heavy atom. The SMILES string of the molecule is [B][C@H]1C[C@@H](CC)[C@@H](COP(O)(=S)CP(O)(=S)OP(O)(O)=S)C1. The zero-order valence-corrected chi connectivity index (χ0v) is 17.1. The van der Waals surface area contributed by atoms with Crippen LogP contribution >= 0.6 is 19.7 Å². The molecule has 5 atom stereocenters. The van der Waals surface area contributed by atoms with Crippen LogP contribution < -0.4 is 0 Å². The molecule has 1 aliphatic rings. The molecule has 22 heavy (non-hydrogen) atoms. The fraction of sp³-hybridized carbons (Fsp3) is 1.00. The van der Waals surface area contributed by atoms with Crippen LogP contribution in [0.25, 0.3) is 0 Å². The Bertz CT molecular complexity index is 529. The molecule has 13 heteroatoms. The van der Waals surface area contributed by atoms with Gasteiger partial charge in [0.2, 0.25) is 6.49 Å². The minimum atomic E-state index is -4.12. The molecule has 2 unspecified atom stereocenters.